The fourth-order valence-electron chi connectivity index (χ4n) is 3.47. The van der Waals surface area contributed by atoms with E-state index in [0.717, 1.165) is 11.1 Å². The van der Waals surface area contributed by atoms with Gasteiger partial charge in [-0.05, 0) is 46.2 Å². The zero-order chi connectivity index (χ0) is 21.8. The van der Waals surface area contributed by atoms with E-state index in [0.29, 0.717) is 10.8 Å². The summed E-state index contributed by atoms with van der Waals surface area (Å²) in [4.78, 5) is 11.4. The van der Waals surface area contributed by atoms with Crippen molar-refractivity contribution >= 4 is 26.8 Å². The number of fused-ring (bicyclic) bond motifs is 1. The van der Waals surface area contributed by atoms with Gasteiger partial charge in [0.2, 0.25) is 10.0 Å². The number of nitrogens with zero attached hydrogens (tertiary/aromatic N) is 1. The Morgan fingerprint density at radius 2 is 1.23 bits per heavy atom. The highest BCUT2D eigenvalue weighted by Crippen LogP contribution is 2.25. The van der Waals surface area contributed by atoms with Crippen LogP contribution in [-0.4, -0.2) is 23.8 Å². The molecular weight excluding hydrogens is 410 g/mol. The van der Waals surface area contributed by atoms with Gasteiger partial charge in [0.1, 0.15) is 0 Å². The van der Waals surface area contributed by atoms with E-state index in [1.54, 1.807) is 24.3 Å². The maximum atomic E-state index is 13.6. The summed E-state index contributed by atoms with van der Waals surface area (Å²) in [5, 5.41) is 10.5. The number of benzene rings is 4. The smallest absolute Gasteiger partial charge is 0.335 e. The molecule has 0 amide bonds. The number of sulfonamides is 1. The fourth-order valence-corrected chi connectivity index (χ4v) is 4.92. The van der Waals surface area contributed by atoms with Gasteiger partial charge < -0.3 is 5.11 Å². The summed E-state index contributed by atoms with van der Waals surface area (Å²) in [6.45, 7) is 0.488. The van der Waals surface area contributed by atoms with Gasteiger partial charge in [-0.25, -0.2) is 13.2 Å². The topological polar surface area (TPSA) is 74.7 Å². The van der Waals surface area contributed by atoms with Gasteiger partial charge in [-0.2, -0.15) is 4.31 Å². The Labute approximate surface area is 181 Å². The third kappa shape index (κ3) is 4.66. The molecule has 0 saturated heterocycles. The van der Waals surface area contributed by atoms with Crippen LogP contribution in [0.15, 0.2) is 102 Å². The molecule has 0 aliphatic carbocycles. The third-order valence-corrected chi connectivity index (χ3v) is 6.89. The van der Waals surface area contributed by atoms with Crippen LogP contribution >= 0.6 is 0 Å². The number of hydrogen-bond acceptors (Lipinski definition) is 3. The predicted molar refractivity (Wildman–Crippen MR) is 120 cm³/mol. The highest BCUT2D eigenvalue weighted by Gasteiger charge is 2.25. The molecule has 0 radical (unpaired) electrons. The van der Waals surface area contributed by atoms with Crippen molar-refractivity contribution in [1.82, 2.24) is 4.31 Å². The second-order valence-corrected chi connectivity index (χ2v) is 9.21. The van der Waals surface area contributed by atoms with Crippen molar-refractivity contribution in [3.8, 4) is 0 Å². The van der Waals surface area contributed by atoms with Crippen molar-refractivity contribution < 1.29 is 18.3 Å². The quantitative estimate of drug-likeness (QED) is 0.450. The van der Waals surface area contributed by atoms with Crippen LogP contribution in [0.2, 0.25) is 0 Å². The molecule has 0 aromatic heterocycles. The maximum absolute atomic E-state index is 13.6. The molecular formula is C25H21NO4S. The summed E-state index contributed by atoms with van der Waals surface area (Å²) < 4.78 is 28.6. The number of hydrogen-bond donors (Lipinski definition) is 1. The lowest BCUT2D eigenvalue weighted by Crippen LogP contribution is -2.30. The summed E-state index contributed by atoms with van der Waals surface area (Å²) in [5.74, 6) is -1.02. The number of carboxylic acids is 1. The zero-order valence-electron chi connectivity index (χ0n) is 16.7. The average molecular weight is 432 g/mol. The minimum absolute atomic E-state index is 0.165. The Morgan fingerprint density at radius 3 is 1.77 bits per heavy atom. The van der Waals surface area contributed by atoms with Gasteiger partial charge in [0.25, 0.3) is 0 Å². The molecule has 0 aliphatic heterocycles. The van der Waals surface area contributed by atoms with Gasteiger partial charge >= 0.3 is 5.97 Å². The van der Waals surface area contributed by atoms with Gasteiger partial charge in [0.05, 0.1) is 10.5 Å². The molecule has 6 heteroatoms. The van der Waals surface area contributed by atoms with Crippen LogP contribution in [0, 0.1) is 0 Å². The largest absolute Gasteiger partial charge is 0.478 e. The first-order valence-electron chi connectivity index (χ1n) is 9.78. The molecule has 156 valence electrons. The monoisotopic (exact) mass is 431 g/mol. The molecule has 0 aliphatic rings. The number of rotatable bonds is 7. The van der Waals surface area contributed by atoms with E-state index >= 15 is 0 Å². The van der Waals surface area contributed by atoms with Gasteiger partial charge in [-0.15, -0.1) is 0 Å². The van der Waals surface area contributed by atoms with E-state index < -0.39 is 16.0 Å². The SMILES string of the molecule is O=C(O)c1ccc2cc(S(=O)(=O)N(Cc3ccccc3)Cc3ccccc3)ccc2c1. The molecule has 5 nitrogen and oxygen atoms in total. The lowest BCUT2D eigenvalue weighted by molar-refractivity contribution is 0.0697. The molecule has 4 aromatic carbocycles. The molecule has 4 aromatic rings. The Kier molecular flexibility index (Phi) is 5.84. The van der Waals surface area contributed by atoms with Gasteiger partial charge in [-0.1, -0.05) is 72.8 Å². The van der Waals surface area contributed by atoms with E-state index in [1.807, 2.05) is 60.7 Å². The molecule has 0 heterocycles. The minimum atomic E-state index is -3.80. The first-order valence-corrected chi connectivity index (χ1v) is 11.2. The minimum Gasteiger partial charge on any atom is -0.478 e. The van der Waals surface area contributed by atoms with Crippen LogP contribution in [0.5, 0.6) is 0 Å². The Hall–Kier alpha value is -3.48. The molecule has 0 saturated carbocycles. The molecule has 0 atom stereocenters. The third-order valence-electron chi connectivity index (χ3n) is 5.10. The van der Waals surface area contributed by atoms with Crippen LogP contribution in [0.1, 0.15) is 21.5 Å². The molecule has 0 unspecified atom stereocenters. The second kappa shape index (κ2) is 8.71. The normalized spacial score (nSPS) is 11.6. The lowest BCUT2D eigenvalue weighted by atomic mass is 10.1. The summed E-state index contributed by atoms with van der Waals surface area (Å²) in [6, 6.07) is 28.4. The van der Waals surface area contributed by atoms with Crippen LogP contribution < -0.4 is 0 Å². The molecule has 0 fully saturated rings. The Morgan fingerprint density at radius 1 is 0.710 bits per heavy atom. The van der Waals surface area contributed by atoms with E-state index in [4.69, 9.17) is 0 Å². The van der Waals surface area contributed by atoms with Gasteiger partial charge in [0, 0.05) is 13.1 Å². The Balaban J connectivity index is 1.73. The van der Waals surface area contributed by atoms with Crippen molar-refractivity contribution in [3.63, 3.8) is 0 Å². The summed E-state index contributed by atoms with van der Waals surface area (Å²) in [6.07, 6.45) is 0. The average Bonchev–Trinajstić information content (AvgIpc) is 2.79. The highest BCUT2D eigenvalue weighted by atomic mass is 32.2. The maximum Gasteiger partial charge on any atom is 0.335 e. The van der Waals surface area contributed by atoms with Crippen LogP contribution in [0.25, 0.3) is 10.8 Å². The van der Waals surface area contributed by atoms with E-state index in [2.05, 4.69) is 0 Å². The van der Waals surface area contributed by atoms with Crippen molar-refractivity contribution in [2.24, 2.45) is 0 Å². The lowest BCUT2D eigenvalue weighted by Gasteiger charge is -2.23. The Bertz CT molecular complexity index is 1280. The summed E-state index contributed by atoms with van der Waals surface area (Å²) in [7, 11) is -3.80. The van der Waals surface area contributed by atoms with Crippen molar-refractivity contribution in [2.45, 2.75) is 18.0 Å². The van der Waals surface area contributed by atoms with E-state index in [-0.39, 0.29) is 23.5 Å². The molecule has 31 heavy (non-hydrogen) atoms. The number of aromatic carboxylic acids is 1. The van der Waals surface area contributed by atoms with Gasteiger partial charge in [-0.3, -0.25) is 0 Å². The second-order valence-electron chi connectivity index (χ2n) is 7.27. The van der Waals surface area contributed by atoms with E-state index in [9.17, 15) is 18.3 Å². The highest BCUT2D eigenvalue weighted by molar-refractivity contribution is 7.89. The van der Waals surface area contributed by atoms with Crippen LogP contribution in [-0.2, 0) is 23.1 Å². The standard InChI is InChI=1S/C25H21NO4S/c27-25(28)23-12-11-22-16-24(14-13-21(22)15-23)31(29,30)26(17-19-7-3-1-4-8-19)18-20-9-5-2-6-10-20/h1-16H,17-18H2,(H,27,28). The van der Waals surface area contributed by atoms with Crippen molar-refractivity contribution in [1.29, 1.82) is 0 Å². The molecule has 0 bridgehead atoms. The molecule has 4 rings (SSSR count). The fraction of sp³-hybridized carbons (Fsp3) is 0.0800. The number of carbonyl (C=O) groups is 1. The predicted octanol–water partition coefficient (Wildman–Crippen LogP) is 4.93. The van der Waals surface area contributed by atoms with Crippen molar-refractivity contribution in [2.75, 3.05) is 0 Å². The van der Waals surface area contributed by atoms with Gasteiger partial charge in [0.15, 0.2) is 0 Å². The van der Waals surface area contributed by atoms with Crippen LogP contribution in [0.3, 0.4) is 0 Å². The summed E-state index contributed by atoms with van der Waals surface area (Å²) in [5.41, 5.74) is 1.96. The zero-order valence-corrected chi connectivity index (χ0v) is 17.5. The first kappa shape index (κ1) is 20.8. The molecule has 0 spiro atoms. The van der Waals surface area contributed by atoms with E-state index in [1.165, 1.54) is 16.4 Å². The summed E-state index contributed by atoms with van der Waals surface area (Å²) >= 11 is 0. The van der Waals surface area contributed by atoms with Crippen molar-refractivity contribution in [3.05, 3.63) is 114 Å². The first-order chi connectivity index (χ1) is 14.9. The molecule has 1 N–H and O–H groups in total. The number of carboxylic acid groups (broad SMARTS) is 1. The van der Waals surface area contributed by atoms with Crippen LogP contribution in [0.4, 0.5) is 0 Å².